The number of amides is 1. The number of aromatic nitrogens is 2. The third kappa shape index (κ3) is 6.83. The Labute approximate surface area is 284 Å². The first-order chi connectivity index (χ1) is 22.2. The van der Waals surface area contributed by atoms with Crippen LogP contribution in [0.4, 0.5) is 5.13 Å². The van der Waals surface area contributed by atoms with Gasteiger partial charge in [0.15, 0.2) is 15.8 Å². The Morgan fingerprint density at radius 2 is 1.87 bits per heavy atom. The maximum atomic E-state index is 13.7. The van der Waals surface area contributed by atoms with Gasteiger partial charge in [0.2, 0.25) is 5.13 Å². The van der Waals surface area contributed by atoms with E-state index in [0.717, 1.165) is 23.3 Å². The van der Waals surface area contributed by atoms with Crippen molar-refractivity contribution < 1.29 is 28.9 Å². The number of rotatable bonds is 10. The topological polar surface area (TPSA) is 111 Å². The Bertz CT molecular complexity index is 1830. The zero-order valence-corrected chi connectivity index (χ0v) is 28.0. The van der Waals surface area contributed by atoms with Crippen molar-refractivity contribution in [1.82, 2.24) is 10.2 Å². The zero-order chi connectivity index (χ0) is 32.4. The number of ether oxygens (including phenoxy) is 3. The highest BCUT2D eigenvalue weighted by molar-refractivity contribution is 8.00. The molecule has 2 aliphatic rings. The van der Waals surface area contributed by atoms with E-state index in [1.165, 1.54) is 16.7 Å². The number of thioether (sulfide) groups is 1. The van der Waals surface area contributed by atoms with Gasteiger partial charge in [-0.25, -0.2) is 0 Å². The molecule has 238 valence electrons. The summed E-state index contributed by atoms with van der Waals surface area (Å²) >= 11 is 14.9. The molecule has 3 aromatic carbocycles. The first-order valence-electron chi connectivity index (χ1n) is 14.5. The lowest BCUT2D eigenvalue weighted by Gasteiger charge is -2.23. The third-order valence-corrected chi connectivity index (χ3v) is 10.1. The van der Waals surface area contributed by atoms with E-state index in [2.05, 4.69) is 24.0 Å². The number of benzene rings is 3. The summed E-state index contributed by atoms with van der Waals surface area (Å²) in [5.74, 6) is 0.484. The Balaban J connectivity index is 1.38. The average Bonchev–Trinajstić information content (AvgIpc) is 3.61. The zero-order valence-electron chi connectivity index (χ0n) is 24.9. The highest BCUT2D eigenvalue weighted by Gasteiger charge is 2.48. The number of aliphatic hydroxyl groups excluding tert-OH is 1. The van der Waals surface area contributed by atoms with Gasteiger partial charge < -0.3 is 19.3 Å². The standard InChI is InChI=1S/C33H29Cl2N3O6S2/c1-18(2)10-11-42-23-5-3-4-19(14-23)28-27(29(39)20-7-9-25-26(15-20)44-13-12-43-25)30(40)31(41)38(28)32-36-37-33(46-32)45-17-21-6-8-22(34)16-24(21)35/h3-9,14-16,18,28,39H,10-13,17H2,1-2H3/b29-27+/t28-/m1/s1. The number of ketones is 1. The molecule has 0 spiro atoms. The van der Waals surface area contributed by atoms with Crippen molar-refractivity contribution in [1.29, 1.82) is 0 Å². The summed E-state index contributed by atoms with van der Waals surface area (Å²) < 4.78 is 17.9. The van der Waals surface area contributed by atoms with Crippen LogP contribution in [-0.4, -0.2) is 46.8 Å². The number of carbonyl (C=O) groups is 2. The van der Waals surface area contributed by atoms with Gasteiger partial charge in [0.25, 0.3) is 5.78 Å². The Hall–Kier alpha value is -3.77. The van der Waals surface area contributed by atoms with Gasteiger partial charge in [-0.3, -0.25) is 14.5 Å². The number of aliphatic hydroxyl groups is 1. The van der Waals surface area contributed by atoms with Crippen molar-refractivity contribution in [3.05, 3.63) is 93.0 Å². The van der Waals surface area contributed by atoms with Gasteiger partial charge in [-0.15, -0.1) is 10.2 Å². The average molecular weight is 699 g/mol. The summed E-state index contributed by atoms with van der Waals surface area (Å²) in [5, 5.41) is 21.5. The van der Waals surface area contributed by atoms with Gasteiger partial charge in [-0.05, 0) is 65.9 Å². The van der Waals surface area contributed by atoms with Crippen molar-refractivity contribution in [2.45, 2.75) is 36.4 Å². The molecule has 13 heteroatoms. The van der Waals surface area contributed by atoms with Gasteiger partial charge >= 0.3 is 5.91 Å². The minimum absolute atomic E-state index is 0.0849. The second-order valence-corrected chi connectivity index (χ2v) is 14.0. The molecule has 1 fully saturated rings. The number of Topliss-reactive ketones (excluding diaryl/α,β-unsaturated/α-hetero) is 1. The van der Waals surface area contributed by atoms with E-state index >= 15 is 0 Å². The number of fused-ring (bicyclic) bond motifs is 1. The van der Waals surface area contributed by atoms with E-state index in [4.69, 9.17) is 37.4 Å². The van der Waals surface area contributed by atoms with Crippen LogP contribution in [0, 0.1) is 5.92 Å². The summed E-state index contributed by atoms with van der Waals surface area (Å²) in [7, 11) is 0. The molecule has 9 nitrogen and oxygen atoms in total. The van der Waals surface area contributed by atoms with E-state index in [-0.39, 0.29) is 16.5 Å². The van der Waals surface area contributed by atoms with Crippen LogP contribution in [0.2, 0.25) is 10.0 Å². The molecular weight excluding hydrogens is 669 g/mol. The van der Waals surface area contributed by atoms with Crippen LogP contribution < -0.4 is 19.1 Å². The molecular formula is C33H29Cl2N3O6S2. The fraction of sp³-hybridized carbons (Fsp3) is 0.273. The van der Waals surface area contributed by atoms with Crippen molar-refractivity contribution in [3.63, 3.8) is 0 Å². The number of anilines is 1. The normalized spacial score (nSPS) is 17.2. The second kappa shape index (κ2) is 13.9. The molecule has 0 aliphatic carbocycles. The summed E-state index contributed by atoms with van der Waals surface area (Å²) in [4.78, 5) is 28.7. The first kappa shape index (κ1) is 32.2. The molecule has 0 unspecified atom stereocenters. The number of hydrogen-bond acceptors (Lipinski definition) is 10. The molecule has 4 aromatic rings. The summed E-state index contributed by atoms with van der Waals surface area (Å²) in [6.07, 6.45) is 0.860. The van der Waals surface area contributed by atoms with Gasteiger partial charge in [0.1, 0.15) is 24.7 Å². The molecule has 6 rings (SSSR count). The fourth-order valence-electron chi connectivity index (χ4n) is 5.01. The molecule has 46 heavy (non-hydrogen) atoms. The highest BCUT2D eigenvalue weighted by Crippen LogP contribution is 2.45. The lowest BCUT2D eigenvalue weighted by Crippen LogP contribution is -2.29. The van der Waals surface area contributed by atoms with E-state index in [1.54, 1.807) is 48.5 Å². The minimum Gasteiger partial charge on any atom is -0.507 e. The van der Waals surface area contributed by atoms with Crippen LogP contribution in [0.5, 0.6) is 17.2 Å². The monoisotopic (exact) mass is 697 g/mol. The Kier molecular flexibility index (Phi) is 9.74. The van der Waals surface area contributed by atoms with E-state index < -0.39 is 17.7 Å². The second-order valence-electron chi connectivity index (χ2n) is 11.0. The van der Waals surface area contributed by atoms with Crippen LogP contribution in [0.15, 0.2) is 70.6 Å². The molecule has 3 heterocycles. The number of hydrogen-bond donors (Lipinski definition) is 1. The first-order valence-corrected chi connectivity index (χ1v) is 17.1. The fourth-order valence-corrected chi connectivity index (χ4v) is 7.44. The van der Waals surface area contributed by atoms with Crippen molar-refractivity contribution in [2.24, 2.45) is 5.92 Å². The molecule has 0 radical (unpaired) electrons. The minimum atomic E-state index is -1.00. The Morgan fingerprint density at radius 3 is 2.65 bits per heavy atom. The molecule has 1 amide bonds. The molecule has 1 N–H and O–H groups in total. The third-order valence-electron chi connectivity index (χ3n) is 7.37. The summed E-state index contributed by atoms with van der Waals surface area (Å²) in [5.41, 5.74) is 1.66. The van der Waals surface area contributed by atoms with Gasteiger partial charge in [0, 0.05) is 21.4 Å². The van der Waals surface area contributed by atoms with Gasteiger partial charge in [0.05, 0.1) is 18.2 Å². The smallest absolute Gasteiger partial charge is 0.301 e. The number of halogens is 2. The van der Waals surface area contributed by atoms with Crippen molar-refractivity contribution in [3.8, 4) is 17.2 Å². The van der Waals surface area contributed by atoms with E-state index in [9.17, 15) is 14.7 Å². The lowest BCUT2D eigenvalue weighted by molar-refractivity contribution is -0.132. The largest absolute Gasteiger partial charge is 0.507 e. The van der Waals surface area contributed by atoms with Crippen LogP contribution in [-0.2, 0) is 15.3 Å². The van der Waals surface area contributed by atoms with Crippen LogP contribution >= 0.6 is 46.3 Å². The molecule has 1 aromatic heterocycles. The Morgan fingerprint density at radius 1 is 1.07 bits per heavy atom. The maximum absolute atomic E-state index is 13.7. The van der Waals surface area contributed by atoms with Crippen molar-refractivity contribution in [2.75, 3.05) is 24.7 Å². The molecule has 0 saturated carbocycles. The van der Waals surface area contributed by atoms with Gasteiger partial charge in [-0.2, -0.15) is 0 Å². The van der Waals surface area contributed by atoms with Crippen LogP contribution in [0.3, 0.4) is 0 Å². The molecule has 0 bridgehead atoms. The van der Waals surface area contributed by atoms with Gasteiger partial charge in [-0.1, -0.05) is 78.3 Å². The summed E-state index contributed by atoms with van der Waals surface area (Å²) in [6, 6.07) is 16.3. The quantitative estimate of drug-likeness (QED) is 0.0580. The van der Waals surface area contributed by atoms with Crippen molar-refractivity contribution >= 4 is 68.9 Å². The SMILES string of the molecule is CC(C)CCOc1cccc([C@@H]2/C(=C(\O)c3ccc4c(c3)OCCO4)C(=O)C(=O)N2c2nnc(SCc3ccc(Cl)cc3Cl)s2)c1. The predicted molar refractivity (Wildman–Crippen MR) is 180 cm³/mol. The predicted octanol–water partition coefficient (Wildman–Crippen LogP) is 7.96. The van der Waals surface area contributed by atoms with Crippen LogP contribution in [0.1, 0.15) is 43.0 Å². The van der Waals surface area contributed by atoms with Crippen LogP contribution in [0.25, 0.3) is 5.76 Å². The molecule has 1 saturated heterocycles. The summed E-state index contributed by atoms with van der Waals surface area (Å²) in [6.45, 7) is 5.50. The number of carbonyl (C=O) groups excluding carboxylic acids is 2. The highest BCUT2D eigenvalue weighted by atomic mass is 35.5. The molecule has 1 atom stereocenters. The maximum Gasteiger partial charge on any atom is 0.301 e. The number of nitrogens with zero attached hydrogens (tertiary/aromatic N) is 3. The lowest BCUT2D eigenvalue weighted by atomic mass is 9.95. The molecule has 2 aliphatic heterocycles. The van der Waals surface area contributed by atoms with E-state index in [1.807, 2.05) is 12.1 Å². The van der Waals surface area contributed by atoms with E-state index in [0.29, 0.717) is 74.3 Å².